The smallest absolute Gasteiger partial charge is 0.446 e. The lowest BCUT2D eigenvalue weighted by Crippen LogP contribution is -2.24. The van der Waals surface area contributed by atoms with Crippen molar-refractivity contribution in [3.05, 3.63) is 64.3 Å². The van der Waals surface area contributed by atoms with Crippen molar-refractivity contribution in [3.8, 4) is 23.1 Å². The highest BCUT2D eigenvalue weighted by molar-refractivity contribution is 8.00. The molecule has 0 radical (unpaired) electrons. The highest BCUT2D eigenvalue weighted by Gasteiger charge is 2.29. The molecule has 9 nitrogen and oxygen atoms in total. The molecule has 13 heteroatoms. The lowest BCUT2D eigenvalue weighted by atomic mass is 10.2. The molecule has 0 bridgehead atoms. The predicted molar refractivity (Wildman–Crippen MR) is 105 cm³/mol. The number of nitrogens with zero attached hydrogens (tertiary/aromatic N) is 6. The van der Waals surface area contributed by atoms with E-state index >= 15 is 0 Å². The number of imidazole rings is 1. The lowest BCUT2D eigenvalue weighted by Gasteiger charge is -2.07. The quantitative estimate of drug-likeness (QED) is 0.450. The van der Waals surface area contributed by atoms with Gasteiger partial charge in [-0.1, -0.05) is 0 Å². The minimum absolute atomic E-state index is 0.0225. The number of tetrazole rings is 1. The number of hydrogen-bond donors (Lipinski definition) is 2. The van der Waals surface area contributed by atoms with E-state index < -0.39 is 11.2 Å². The largest absolute Gasteiger partial charge is 0.493 e. The fourth-order valence-electron chi connectivity index (χ4n) is 3.00. The number of alkyl halides is 3. The molecule has 0 saturated carbocycles. The molecule has 160 valence electrons. The van der Waals surface area contributed by atoms with E-state index in [1.807, 2.05) is 0 Å². The summed E-state index contributed by atoms with van der Waals surface area (Å²) in [5.41, 5.74) is -3.24. The average Bonchev–Trinajstić information content (AvgIpc) is 3.32. The van der Waals surface area contributed by atoms with Gasteiger partial charge in [-0.15, -0.1) is 10.2 Å². The van der Waals surface area contributed by atoms with Crippen molar-refractivity contribution < 1.29 is 18.3 Å². The number of H-pyrrole nitrogens is 1. The van der Waals surface area contributed by atoms with Crippen molar-refractivity contribution in [1.82, 2.24) is 34.7 Å². The van der Waals surface area contributed by atoms with Crippen molar-refractivity contribution in [1.29, 1.82) is 0 Å². The van der Waals surface area contributed by atoms with E-state index in [4.69, 9.17) is 0 Å². The summed E-state index contributed by atoms with van der Waals surface area (Å²) in [6.45, 7) is 1.70. The Bertz CT molecular complexity index is 1270. The van der Waals surface area contributed by atoms with Crippen molar-refractivity contribution >= 4 is 11.8 Å². The minimum Gasteiger partial charge on any atom is -0.493 e. The van der Waals surface area contributed by atoms with Crippen molar-refractivity contribution in [2.24, 2.45) is 0 Å². The summed E-state index contributed by atoms with van der Waals surface area (Å²) in [5.74, 6) is -0.00294. The Labute approximate surface area is 176 Å². The third kappa shape index (κ3) is 4.30. The Hall–Kier alpha value is -3.61. The number of aromatic amines is 1. The topological polar surface area (TPSA) is 115 Å². The molecule has 0 aliphatic heterocycles. The van der Waals surface area contributed by atoms with Crippen LogP contribution in [0.2, 0.25) is 0 Å². The number of thioether (sulfide) groups is 1. The maximum atomic E-state index is 13.0. The standard InChI is InChI=1S/C18H14F3N7O2S/c1-10-16(29)28(12-2-4-13(5-3-12)31-18(19,20)21)17(30)27(10)9-11-6-7-22-14(8-11)15-23-25-26-24-15/h2-8,29H,9H2,1H3,(H,23,24,25,26). The second-order valence-corrected chi connectivity index (χ2v) is 7.58. The molecular weight excluding hydrogens is 435 g/mol. The highest BCUT2D eigenvalue weighted by Crippen LogP contribution is 2.37. The van der Waals surface area contributed by atoms with Crippen LogP contribution in [0.1, 0.15) is 11.3 Å². The van der Waals surface area contributed by atoms with Crippen molar-refractivity contribution in [2.75, 3.05) is 0 Å². The van der Waals surface area contributed by atoms with E-state index in [9.17, 15) is 23.1 Å². The fourth-order valence-corrected chi connectivity index (χ4v) is 3.54. The molecule has 0 atom stereocenters. The Morgan fingerprint density at radius 2 is 1.94 bits per heavy atom. The van der Waals surface area contributed by atoms with Gasteiger partial charge in [0.25, 0.3) is 0 Å². The van der Waals surface area contributed by atoms with Crippen molar-refractivity contribution in [3.63, 3.8) is 0 Å². The molecule has 31 heavy (non-hydrogen) atoms. The first-order valence-electron chi connectivity index (χ1n) is 8.79. The van der Waals surface area contributed by atoms with Crippen LogP contribution in [-0.2, 0) is 6.54 Å². The summed E-state index contributed by atoms with van der Waals surface area (Å²) >= 11 is -0.255. The molecule has 0 unspecified atom stereocenters. The number of nitrogens with one attached hydrogen (secondary N) is 1. The Balaban J connectivity index is 1.66. The molecule has 4 aromatic rings. The third-order valence-corrected chi connectivity index (χ3v) is 5.17. The molecule has 0 amide bonds. The first kappa shape index (κ1) is 20.7. The first-order chi connectivity index (χ1) is 14.7. The summed E-state index contributed by atoms with van der Waals surface area (Å²) in [5, 5.41) is 24.0. The number of pyridine rings is 1. The summed E-state index contributed by atoms with van der Waals surface area (Å²) in [6, 6.07) is 8.57. The van der Waals surface area contributed by atoms with Crippen LogP contribution in [0.4, 0.5) is 13.2 Å². The molecule has 3 aromatic heterocycles. The molecule has 1 aromatic carbocycles. The fraction of sp³-hybridized carbons (Fsp3) is 0.167. The van der Waals surface area contributed by atoms with Gasteiger partial charge in [-0.05, 0) is 65.9 Å². The monoisotopic (exact) mass is 449 g/mol. The predicted octanol–water partition coefficient (Wildman–Crippen LogP) is 2.89. The molecule has 0 aliphatic rings. The molecule has 0 spiro atoms. The van der Waals surface area contributed by atoms with Gasteiger partial charge in [0.1, 0.15) is 5.69 Å². The van der Waals surface area contributed by atoms with E-state index in [-0.39, 0.29) is 34.8 Å². The number of halogens is 3. The molecule has 3 heterocycles. The zero-order valence-corrected chi connectivity index (χ0v) is 16.6. The molecule has 0 saturated heterocycles. The number of hydrogen-bond acceptors (Lipinski definition) is 7. The van der Waals surface area contributed by atoms with Crippen LogP contribution in [0, 0.1) is 6.92 Å². The summed E-state index contributed by atoms with van der Waals surface area (Å²) in [4.78, 5) is 17.1. The molecule has 0 fully saturated rings. The van der Waals surface area contributed by atoms with Crippen LogP contribution >= 0.6 is 11.8 Å². The molecule has 4 rings (SSSR count). The summed E-state index contributed by atoms with van der Waals surface area (Å²) < 4.78 is 40.0. The Morgan fingerprint density at radius 3 is 2.58 bits per heavy atom. The van der Waals surface area contributed by atoms with Crippen LogP contribution in [0.5, 0.6) is 5.88 Å². The second kappa shape index (κ2) is 7.91. The third-order valence-electron chi connectivity index (χ3n) is 4.43. The normalized spacial score (nSPS) is 11.7. The zero-order valence-electron chi connectivity index (χ0n) is 15.8. The van der Waals surface area contributed by atoms with Crippen LogP contribution < -0.4 is 5.69 Å². The maximum Gasteiger partial charge on any atom is 0.446 e. The maximum absolute atomic E-state index is 13.0. The van der Waals surface area contributed by atoms with E-state index in [0.717, 1.165) is 4.57 Å². The first-order valence-corrected chi connectivity index (χ1v) is 9.60. The van der Waals surface area contributed by atoms with Gasteiger partial charge in [0.2, 0.25) is 11.7 Å². The van der Waals surface area contributed by atoms with Crippen LogP contribution in [0.15, 0.2) is 52.3 Å². The van der Waals surface area contributed by atoms with E-state index in [1.165, 1.54) is 35.0 Å². The number of rotatable bonds is 5. The van der Waals surface area contributed by atoms with Gasteiger partial charge in [0.05, 0.1) is 17.9 Å². The average molecular weight is 449 g/mol. The van der Waals surface area contributed by atoms with Crippen LogP contribution in [0.25, 0.3) is 17.2 Å². The Morgan fingerprint density at radius 1 is 1.19 bits per heavy atom. The van der Waals surface area contributed by atoms with Crippen LogP contribution in [0.3, 0.4) is 0 Å². The SMILES string of the molecule is Cc1c(O)n(-c2ccc(SC(F)(F)F)cc2)c(=O)n1Cc1ccnc(-c2nn[nH]n2)c1. The van der Waals surface area contributed by atoms with Crippen molar-refractivity contribution in [2.45, 2.75) is 23.9 Å². The molecular formula is C18H14F3N7O2S. The van der Waals surface area contributed by atoms with Gasteiger partial charge >= 0.3 is 11.2 Å². The van der Waals surface area contributed by atoms with Gasteiger partial charge in [-0.25, -0.2) is 9.36 Å². The summed E-state index contributed by atoms with van der Waals surface area (Å²) in [6.07, 6.45) is 1.54. The van der Waals surface area contributed by atoms with Gasteiger partial charge in [0.15, 0.2) is 0 Å². The van der Waals surface area contributed by atoms with E-state index in [0.29, 0.717) is 22.8 Å². The Kier molecular flexibility index (Phi) is 5.27. The van der Waals surface area contributed by atoms with Gasteiger partial charge in [0, 0.05) is 11.1 Å². The minimum atomic E-state index is -4.41. The van der Waals surface area contributed by atoms with Crippen LogP contribution in [-0.4, -0.2) is 45.4 Å². The molecule has 2 N–H and O–H groups in total. The van der Waals surface area contributed by atoms with Gasteiger partial charge < -0.3 is 5.11 Å². The van der Waals surface area contributed by atoms with E-state index in [1.54, 1.807) is 19.1 Å². The number of aromatic hydroxyl groups is 1. The lowest BCUT2D eigenvalue weighted by molar-refractivity contribution is -0.0328. The second-order valence-electron chi connectivity index (χ2n) is 6.44. The highest BCUT2D eigenvalue weighted by atomic mass is 32.2. The molecule has 0 aliphatic carbocycles. The zero-order chi connectivity index (χ0) is 22.2. The number of benzene rings is 1. The van der Waals surface area contributed by atoms with E-state index in [2.05, 4.69) is 25.6 Å². The number of aromatic nitrogens is 7. The van der Waals surface area contributed by atoms with Gasteiger partial charge in [-0.3, -0.25) is 9.55 Å². The van der Waals surface area contributed by atoms with Gasteiger partial charge in [-0.2, -0.15) is 18.4 Å². The summed E-state index contributed by atoms with van der Waals surface area (Å²) in [7, 11) is 0.